The second kappa shape index (κ2) is 7.74. The van der Waals surface area contributed by atoms with Crippen LogP contribution in [0.1, 0.15) is 30.0 Å². The zero-order chi connectivity index (χ0) is 20.6. The highest BCUT2D eigenvalue weighted by molar-refractivity contribution is 7.89. The number of alkyl halides is 3. The van der Waals surface area contributed by atoms with E-state index in [0.29, 0.717) is 19.4 Å². The minimum Gasteiger partial charge on any atom is -0.294 e. The third-order valence-corrected chi connectivity index (χ3v) is 7.37. The molecule has 0 saturated carbocycles. The predicted molar refractivity (Wildman–Crippen MR) is 104 cm³/mol. The zero-order valence-electron chi connectivity index (χ0n) is 15.8. The molecule has 1 saturated heterocycles. The highest BCUT2D eigenvalue weighted by Gasteiger charge is 2.46. The summed E-state index contributed by atoms with van der Waals surface area (Å²) in [6.07, 6.45) is -3.22. The molecule has 4 nitrogen and oxygen atoms in total. The lowest BCUT2D eigenvalue weighted by Crippen LogP contribution is -2.49. The third-order valence-electron chi connectivity index (χ3n) is 5.86. The number of likely N-dealkylation sites (tertiary alicyclic amines) is 1. The van der Waals surface area contributed by atoms with Crippen molar-refractivity contribution >= 4 is 10.0 Å². The monoisotopic (exact) mass is 424 g/mol. The molecule has 0 radical (unpaired) electrons. The number of fused-ring (bicyclic) bond motifs is 1. The Morgan fingerprint density at radius 3 is 2.41 bits per heavy atom. The Hall–Kier alpha value is -1.90. The van der Waals surface area contributed by atoms with Gasteiger partial charge in [0.2, 0.25) is 10.0 Å². The third kappa shape index (κ3) is 4.20. The van der Waals surface area contributed by atoms with Crippen molar-refractivity contribution in [3.63, 3.8) is 0 Å². The van der Waals surface area contributed by atoms with Crippen LogP contribution >= 0.6 is 0 Å². The smallest absolute Gasteiger partial charge is 0.294 e. The highest BCUT2D eigenvalue weighted by atomic mass is 32.2. The van der Waals surface area contributed by atoms with Gasteiger partial charge in [-0.25, -0.2) is 13.1 Å². The van der Waals surface area contributed by atoms with Gasteiger partial charge in [-0.15, -0.1) is 0 Å². The summed E-state index contributed by atoms with van der Waals surface area (Å²) in [6, 6.07) is 14.7. The first kappa shape index (κ1) is 20.4. The van der Waals surface area contributed by atoms with Crippen LogP contribution in [-0.2, 0) is 16.4 Å². The minimum atomic E-state index is -4.24. The van der Waals surface area contributed by atoms with E-state index in [-0.39, 0.29) is 17.9 Å². The second-order valence-electron chi connectivity index (χ2n) is 7.76. The summed E-state index contributed by atoms with van der Waals surface area (Å²) in [5.74, 6) is -1.38. The molecule has 3 atom stereocenters. The minimum absolute atomic E-state index is 0.105. The fourth-order valence-corrected chi connectivity index (χ4v) is 5.79. The maximum Gasteiger partial charge on any atom is 0.393 e. The summed E-state index contributed by atoms with van der Waals surface area (Å²) >= 11 is 0. The van der Waals surface area contributed by atoms with E-state index < -0.39 is 34.2 Å². The first-order chi connectivity index (χ1) is 13.8. The number of piperidine rings is 1. The lowest BCUT2D eigenvalue weighted by atomic mass is 9.94. The van der Waals surface area contributed by atoms with E-state index in [2.05, 4.69) is 4.72 Å². The normalized spacial score (nSPS) is 25.7. The van der Waals surface area contributed by atoms with Crippen molar-refractivity contribution < 1.29 is 21.6 Å². The van der Waals surface area contributed by atoms with Crippen molar-refractivity contribution in [2.45, 2.75) is 42.4 Å². The average Bonchev–Trinajstić information content (AvgIpc) is 3.05. The Labute approximate surface area is 168 Å². The number of hydrogen-bond acceptors (Lipinski definition) is 3. The summed E-state index contributed by atoms with van der Waals surface area (Å²) in [6.45, 7) is 0.418. The van der Waals surface area contributed by atoms with E-state index in [1.54, 1.807) is 18.2 Å². The van der Waals surface area contributed by atoms with Gasteiger partial charge >= 0.3 is 6.18 Å². The first-order valence-electron chi connectivity index (χ1n) is 9.71. The fraction of sp³-hybridized carbons (Fsp3) is 0.429. The predicted octanol–water partition coefficient (Wildman–Crippen LogP) is 3.91. The van der Waals surface area contributed by atoms with Crippen molar-refractivity contribution in [2.24, 2.45) is 5.92 Å². The Bertz CT molecular complexity index is 963. The molecule has 29 heavy (non-hydrogen) atoms. The molecule has 8 heteroatoms. The summed E-state index contributed by atoms with van der Waals surface area (Å²) in [5, 5.41) is 0. The summed E-state index contributed by atoms with van der Waals surface area (Å²) in [5.41, 5.74) is 1.89. The van der Waals surface area contributed by atoms with Crippen LogP contribution in [0.15, 0.2) is 59.5 Å². The SMILES string of the molecule is O=S(=O)(N[C@@H]1Cc2ccccc2[C@@H]1N1CCC[C@H](C(F)(F)F)C1)c1ccccc1. The molecule has 2 aliphatic rings. The quantitative estimate of drug-likeness (QED) is 0.810. The second-order valence-corrected chi connectivity index (χ2v) is 9.48. The van der Waals surface area contributed by atoms with Gasteiger partial charge in [0.25, 0.3) is 0 Å². The number of sulfonamides is 1. The van der Waals surface area contributed by atoms with E-state index in [0.717, 1.165) is 11.1 Å². The van der Waals surface area contributed by atoms with E-state index in [4.69, 9.17) is 0 Å². The van der Waals surface area contributed by atoms with Crippen molar-refractivity contribution in [2.75, 3.05) is 13.1 Å². The van der Waals surface area contributed by atoms with Crippen molar-refractivity contribution in [3.05, 3.63) is 65.7 Å². The highest BCUT2D eigenvalue weighted by Crippen LogP contribution is 2.41. The van der Waals surface area contributed by atoms with Gasteiger partial charge in [0, 0.05) is 12.6 Å². The largest absolute Gasteiger partial charge is 0.393 e. The van der Waals surface area contributed by atoms with E-state index in [9.17, 15) is 21.6 Å². The van der Waals surface area contributed by atoms with Crippen molar-refractivity contribution in [3.8, 4) is 0 Å². The molecule has 0 amide bonds. The van der Waals surface area contributed by atoms with Crippen LogP contribution in [0.5, 0.6) is 0 Å². The van der Waals surface area contributed by atoms with Gasteiger partial charge in [-0.05, 0) is 49.1 Å². The van der Waals surface area contributed by atoms with Crippen LogP contribution in [-0.4, -0.2) is 38.6 Å². The average molecular weight is 424 g/mol. The molecule has 0 spiro atoms. The summed E-state index contributed by atoms with van der Waals surface area (Å²) in [4.78, 5) is 1.97. The number of hydrogen-bond donors (Lipinski definition) is 1. The van der Waals surface area contributed by atoms with Gasteiger partial charge in [0.15, 0.2) is 0 Å². The molecule has 0 aromatic heterocycles. The van der Waals surface area contributed by atoms with E-state index in [1.165, 1.54) is 12.1 Å². The molecule has 0 unspecified atom stereocenters. The lowest BCUT2D eigenvalue weighted by Gasteiger charge is -2.40. The summed E-state index contributed by atoms with van der Waals surface area (Å²) in [7, 11) is -3.77. The molecular formula is C21H23F3N2O2S. The summed E-state index contributed by atoms with van der Waals surface area (Å²) < 4.78 is 68.6. The Kier molecular flexibility index (Phi) is 5.44. The van der Waals surface area contributed by atoms with Crippen LogP contribution in [0, 0.1) is 5.92 Å². The first-order valence-corrected chi connectivity index (χ1v) is 11.2. The Balaban J connectivity index is 1.64. The van der Waals surface area contributed by atoms with Gasteiger partial charge in [0.1, 0.15) is 0 Å². The van der Waals surface area contributed by atoms with Gasteiger partial charge < -0.3 is 0 Å². The van der Waals surface area contributed by atoms with Crippen LogP contribution in [0.2, 0.25) is 0 Å². The van der Waals surface area contributed by atoms with Gasteiger partial charge in [0.05, 0.1) is 16.9 Å². The van der Waals surface area contributed by atoms with Crippen LogP contribution in [0.3, 0.4) is 0 Å². The molecule has 156 valence electrons. The standard InChI is InChI=1S/C21H23F3N2O2S/c22-21(23,24)16-8-6-12-26(14-16)20-18-11-5-4-7-15(18)13-19(20)25-29(27,28)17-9-2-1-3-10-17/h1-5,7,9-11,16,19-20,25H,6,8,12-14H2/t16-,19+,20-/m0/s1. The number of rotatable bonds is 4. The van der Waals surface area contributed by atoms with Gasteiger partial charge in [-0.3, -0.25) is 4.90 Å². The van der Waals surface area contributed by atoms with E-state index in [1.807, 2.05) is 29.2 Å². The molecule has 1 N–H and O–H groups in total. The van der Waals surface area contributed by atoms with Crippen LogP contribution in [0.25, 0.3) is 0 Å². The molecule has 4 rings (SSSR count). The molecular weight excluding hydrogens is 401 g/mol. The van der Waals surface area contributed by atoms with E-state index >= 15 is 0 Å². The van der Waals surface area contributed by atoms with Crippen LogP contribution < -0.4 is 4.72 Å². The van der Waals surface area contributed by atoms with Gasteiger partial charge in [-0.2, -0.15) is 13.2 Å². The Morgan fingerprint density at radius 1 is 1.00 bits per heavy atom. The number of benzene rings is 2. The fourth-order valence-electron chi connectivity index (χ4n) is 4.52. The Morgan fingerprint density at radius 2 is 1.69 bits per heavy atom. The van der Waals surface area contributed by atoms with Crippen LogP contribution in [0.4, 0.5) is 13.2 Å². The molecule has 1 fully saturated rings. The maximum absolute atomic E-state index is 13.3. The molecule has 1 heterocycles. The van der Waals surface area contributed by atoms with Crippen molar-refractivity contribution in [1.82, 2.24) is 9.62 Å². The van der Waals surface area contributed by atoms with Crippen molar-refractivity contribution in [1.29, 1.82) is 0 Å². The lowest BCUT2D eigenvalue weighted by molar-refractivity contribution is -0.189. The van der Waals surface area contributed by atoms with Gasteiger partial charge in [-0.1, -0.05) is 42.5 Å². The molecule has 1 aliphatic carbocycles. The number of halogens is 3. The number of nitrogens with one attached hydrogen (secondary N) is 1. The molecule has 2 aromatic carbocycles. The molecule has 0 bridgehead atoms. The topological polar surface area (TPSA) is 49.4 Å². The number of nitrogens with zero attached hydrogens (tertiary/aromatic N) is 1. The zero-order valence-corrected chi connectivity index (χ0v) is 16.6. The molecule has 1 aliphatic heterocycles. The molecule has 2 aromatic rings. The maximum atomic E-state index is 13.3.